The van der Waals surface area contributed by atoms with E-state index >= 15 is 0 Å². The summed E-state index contributed by atoms with van der Waals surface area (Å²) in [7, 11) is 0. The van der Waals surface area contributed by atoms with Crippen molar-refractivity contribution in [3.63, 3.8) is 0 Å². The smallest absolute Gasteiger partial charge is 0.238 e. The van der Waals surface area contributed by atoms with Crippen LogP contribution in [0, 0.1) is 0 Å². The van der Waals surface area contributed by atoms with Crippen molar-refractivity contribution in [1.82, 2.24) is 24.5 Å². The summed E-state index contributed by atoms with van der Waals surface area (Å²) in [4.78, 5) is 18.6. The molecule has 3 heterocycles. The van der Waals surface area contributed by atoms with Crippen molar-refractivity contribution in [2.24, 2.45) is 0 Å². The number of nitrogens with zero attached hydrogens (tertiary/aromatic N) is 4. The minimum Gasteiger partial charge on any atom is -0.354 e. The molecule has 38 heavy (non-hydrogen) atoms. The van der Waals surface area contributed by atoms with Crippen molar-refractivity contribution < 1.29 is 0 Å². The monoisotopic (exact) mass is 487 g/mol. The Balaban J connectivity index is 1.49. The molecule has 0 aliphatic rings. The second-order valence-electron chi connectivity index (χ2n) is 9.45. The molecule has 0 unspecified atom stereocenters. The first kappa shape index (κ1) is 20.9. The van der Waals surface area contributed by atoms with E-state index in [1.54, 1.807) is 0 Å². The van der Waals surface area contributed by atoms with E-state index in [4.69, 9.17) is 15.0 Å². The lowest BCUT2D eigenvalue weighted by atomic mass is 10.1. The van der Waals surface area contributed by atoms with Gasteiger partial charge in [-0.05, 0) is 24.3 Å². The van der Waals surface area contributed by atoms with Crippen LogP contribution in [0.15, 0.2) is 121 Å². The molecule has 0 aliphatic carbocycles. The number of hydrogen-bond acceptors (Lipinski definition) is 3. The van der Waals surface area contributed by atoms with Gasteiger partial charge in [0.15, 0.2) is 11.6 Å². The fraction of sp³-hybridized carbons (Fsp3) is 0. The average Bonchev–Trinajstić information content (AvgIpc) is 3.51. The first-order chi connectivity index (χ1) is 18.8. The van der Waals surface area contributed by atoms with Gasteiger partial charge in [-0.3, -0.25) is 4.57 Å². The highest BCUT2D eigenvalue weighted by Gasteiger charge is 2.19. The lowest BCUT2D eigenvalue weighted by Gasteiger charge is -2.11. The van der Waals surface area contributed by atoms with E-state index in [-0.39, 0.29) is 0 Å². The van der Waals surface area contributed by atoms with Crippen LogP contribution in [0.5, 0.6) is 0 Å². The van der Waals surface area contributed by atoms with Gasteiger partial charge in [-0.1, -0.05) is 97.1 Å². The largest absolute Gasteiger partial charge is 0.354 e. The topological polar surface area (TPSA) is 59.4 Å². The Hall–Kier alpha value is -5.29. The minimum absolute atomic E-state index is 0.600. The fourth-order valence-corrected chi connectivity index (χ4v) is 5.43. The molecule has 3 aromatic heterocycles. The summed E-state index contributed by atoms with van der Waals surface area (Å²) in [5, 5.41) is 4.69. The maximum Gasteiger partial charge on any atom is 0.238 e. The molecule has 1 N–H and O–H groups in total. The normalized spacial score (nSPS) is 11.7. The number of aromatic nitrogens is 5. The Morgan fingerprint density at radius 2 is 1.05 bits per heavy atom. The predicted octanol–water partition coefficient (Wildman–Crippen LogP) is 7.94. The molecule has 8 aromatic rings. The standard InChI is InChI=1S/C33H21N5/c1-3-11-21(12-4-1)31-35-32(22-13-5-2-6-14-22)37-33(36-31)38-29-18-10-8-16-24(29)26-19-28-25(20-30(26)38)23-15-7-9-17-27(23)34-28/h1-20,34H. The molecular formula is C33H21N5. The highest BCUT2D eigenvalue weighted by molar-refractivity contribution is 6.17. The third-order valence-electron chi connectivity index (χ3n) is 7.19. The average molecular weight is 488 g/mol. The summed E-state index contributed by atoms with van der Waals surface area (Å²) in [5.41, 5.74) is 6.27. The lowest BCUT2D eigenvalue weighted by molar-refractivity contribution is 0.954. The second kappa shape index (κ2) is 8.11. The van der Waals surface area contributed by atoms with Crippen LogP contribution in [0.1, 0.15) is 0 Å². The van der Waals surface area contributed by atoms with Gasteiger partial charge in [0.25, 0.3) is 0 Å². The third-order valence-corrected chi connectivity index (χ3v) is 7.19. The molecule has 5 nitrogen and oxygen atoms in total. The maximum absolute atomic E-state index is 5.03. The molecule has 0 bridgehead atoms. The van der Waals surface area contributed by atoms with Crippen LogP contribution in [-0.4, -0.2) is 24.5 Å². The van der Waals surface area contributed by atoms with Crippen LogP contribution in [0.4, 0.5) is 0 Å². The highest BCUT2D eigenvalue weighted by atomic mass is 15.2. The van der Waals surface area contributed by atoms with Gasteiger partial charge in [0.1, 0.15) is 0 Å². The van der Waals surface area contributed by atoms with Crippen LogP contribution in [0.3, 0.4) is 0 Å². The van der Waals surface area contributed by atoms with Gasteiger partial charge in [0.2, 0.25) is 5.95 Å². The van der Waals surface area contributed by atoms with Crippen LogP contribution >= 0.6 is 0 Å². The summed E-state index contributed by atoms with van der Waals surface area (Å²) in [6, 6.07) is 41.6. The van der Waals surface area contributed by atoms with Crippen molar-refractivity contribution in [2.45, 2.75) is 0 Å². The van der Waals surface area contributed by atoms with Crippen molar-refractivity contribution in [2.75, 3.05) is 0 Å². The third kappa shape index (κ3) is 3.15. The molecule has 0 spiro atoms. The van der Waals surface area contributed by atoms with Crippen molar-refractivity contribution in [3.05, 3.63) is 121 Å². The molecule has 8 rings (SSSR count). The summed E-state index contributed by atoms with van der Waals surface area (Å²) in [6.07, 6.45) is 0. The van der Waals surface area contributed by atoms with Gasteiger partial charge in [0, 0.05) is 43.7 Å². The molecular weight excluding hydrogens is 466 g/mol. The maximum atomic E-state index is 5.03. The Bertz CT molecular complexity index is 2060. The Labute approximate surface area is 218 Å². The molecule has 5 heteroatoms. The van der Waals surface area contributed by atoms with E-state index in [1.807, 2.05) is 60.7 Å². The number of nitrogens with one attached hydrogen (secondary N) is 1. The quantitative estimate of drug-likeness (QED) is 0.275. The van der Waals surface area contributed by atoms with Gasteiger partial charge in [0.05, 0.1) is 11.0 Å². The molecule has 0 fully saturated rings. The number of rotatable bonds is 3. The van der Waals surface area contributed by atoms with E-state index in [1.165, 1.54) is 10.8 Å². The van der Waals surface area contributed by atoms with Crippen LogP contribution in [0.2, 0.25) is 0 Å². The number of H-pyrrole nitrogens is 1. The number of para-hydroxylation sites is 2. The molecule has 0 amide bonds. The number of benzene rings is 5. The summed E-state index contributed by atoms with van der Waals surface area (Å²) in [5.74, 6) is 1.89. The number of hydrogen-bond donors (Lipinski definition) is 1. The summed E-state index contributed by atoms with van der Waals surface area (Å²) in [6.45, 7) is 0. The zero-order valence-electron chi connectivity index (χ0n) is 20.3. The van der Waals surface area contributed by atoms with Gasteiger partial charge >= 0.3 is 0 Å². The lowest BCUT2D eigenvalue weighted by Crippen LogP contribution is -2.06. The minimum atomic E-state index is 0.600. The second-order valence-corrected chi connectivity index (χ2v) is 9.45. The van der Waals surface area contributed by atoms with E-state index < -0.39 is 0 Å². The number of fused-ring (bicyclic) bond motifs is 6. The van der Waals surface area contributed by atoms with Crippen LogP contribution < -0.4 is 0 Å². The highest BCUT2D eigenvalue weighted by Crippen LogP contribution is 2.36. The van der Waals surface area contributed by atoms with Crippen molar-refractivity contribution in [1.29, 1.82) is 0 Å². The Morgan fingerprint density at radius 3 is 1.76 bits per heavy atom. The fourth-order valence-electron chi connectivity index (χ4n) is 5.43. The molecule has 0 saturated carbocycles. The van der Waals surface area contributed by atoms with Crippen LogP contribution in [0.25, 0.3) is 72.3 Å². The van der Waals surface area contributed by atoms with Gasteiger partial charge < -0.3 is 4.98 Å². The van der Waals surface area contributed by atoms with Gasteiger partial charge in [-0.25, -0.2) is 4.98 Å². The molecule has 0 atom stereocenters. The first-order valence-electron chi connectivity index (χ1n) is 12.6. The molecule has 0 aliphatic heterocycles. The molecule has 178 valence electrons. The molecule has 0 radical (unpaired) electrons. The molecule has 5 aromatic carbocycles. The van der Waals surface area contributed by atoms with Crippen LogP contribution in [-0.2, 0) is 0 Å². The van der Waals surface area contributed by atoms with E-state index in [0.29, 0.717) is 17.6 Å². The van der Waals surface area contributed by atoms with E-state index in [9.17, 15) is 0 Å². The number of aromatic amines is 1. The summed E-state index contributed by atoms with van der Waals surface area (Å²) >= 11 is 0. The van der Waals surface area contributed by atoms with Crippen molar-refractivity contribution >= 4 is 43.6 Å². The Kier molecular flexibility index (Phi) is 4.45. The van der Waals surface area contributed by atoms with Crippen molar-refractivity contribution in [3.8, 4) is 28.7 Å². The van der Waals surface area contributed by atoms with Gasteiger partial charge in [-0.2, -0.15) is 9.97 Å². The Morgan fingerprint density at radius 1 is 0.447 bits per heavy atom. The predicted molar refractivity (Wildman–Crippen MR) is 154 cm³/mol. The SMILES string of the molecule is c1ccc(-c2nc(-c3ccccc3)nc(-n3c4ccccc4c4cc5[nH]c6ccccc6c5cc43)n2)cc1. The zero-order valence-corrected chi connectivity index (χ0v) is 20.3. The first-order valence-corrected chi connectivity index (χ1v) is 12.6. The molecule has 0 saturated heterocycles. The van der Waals surface area contributed by atoms with E-state index in [0.717, 1.165) is 44.0 Å². The zero-order chi connectivity index (χ0) is 25.1. The van der Waals surface area contributed by atoms with E-state index in [2.05, 4.69) is 70.2 Å². The summed E-state index contributed by atoms with van der Waals surface area (Å²) < 4.78 is 2.17. The van der Waals surface area contributed by atoms with Gasteiger partial charge in [-0.15, -0.1) is 0 Å².